The second kappa shape index (κ2) is 7.19. The lowest BCUT2D eigenvalue weighted by molar-refractivity contribution is 0.203. The summed E-state index contributed by atoms with van der Waals surface area (Å²) in [7, 11) is 0. The van der Waals surface area contributed by atoms with Gasteiger partial charge >= 0.3 is 0 Å². The molecular formula is C12H21N3O. The molecule has 1 rings (SSSR count). The van der Waals surface area contributed by atoms with E-state index in [1.54, 1.807) is 0 Å². The van der Waals surface area contributed by atoms with E-state index in [2.05, 4.69) is 29.7 Å². The lowest BCUT2D eigenvalue weighted by Gasteiger charge is -2.18. The third-order valence-corrected chi connectivity index (χ3v) is 2.35. The summed E-state index contributed by atoms with van der Waals surface area (Å²) in [5.74, 6) is 0. The number of aliphatic hydroxyl groups is 1. The van der Waals surface area contributed by atoms with Crippen molar-refractivity contribution in [2.45, 2.75) is 26.4 Å². The summed E-state index contributed by atoms with van der Waals surface area (Å²) in [6.07, 6.45) is 6.90. The Bertz CT molecular complexity index is 309. The van der Waals surface area contributed by atoms with Crippen LogP contribution in [-0.4, -0.2) is 39.5 Å². The molecule has 1 aromatic heterocycles. The first-order valence-electron chi connectivity index (χ1n) is 5.75. The molecule has 4 nitrogen and oxygen atoms in total. The minimum atomic E-state index is 0.178. The molecule has 16 heavy (non-hydrogen) atoms. The summed E-state index contributed by atoms with van der Waals surface area (Å²) in [5, 5.41) is 13.2. The van der Waals surface area contributed by atoms with E-state index in [1.165, 1.54) is 5.56 Å². The van der Waals surface area contributed by atoms with Crippen molar-refractivity contribution in [3.8, 4) is 0 Å². The predicted molar refractivity (Wildman–Crippen MR) is 65.1 cm³/mol. The molecule has 0 bridgehead atoms. The molecule has 0 spiro atoms. The van der Waals surface area contributed by atoms with Crippen LogP contribution in [0.2, 0.25) is 0 Å². The molecule has 1 aromatic rings. The minimum absolute atomic E-state index is 0.178. The van der Waals surface area contributed by atoms with Crippen LogP contribution in [0.4, 0.5) is 0 Å². The van der Waals surface area contributed by atoms with Crippen LogP contribution in [0.5, 0.6) is 0 Å². The number of hydrogen-bond donors (Lipinski definition) is 1. The van der Waals surface area contributed by atoms with E-state index in [0.717, 1.165) is 26.1 Å². The Morgan fingerprint density at radius 3 is 3.06 bits per heavy atom. The summed E-state index contributed by atoms with van der Waals surface area (Å²) in [5.41, 5.74) is 1.18. The monoisotopic (exact) mass is 223 g/mol. The van der Waals surface area contributed by atoms with Gasteiger partial charge in [-0.3, -0.25) is 9.58 Å². The van der Waals surface area contributed by atoms with Crippen LogP contribution >= 0.6 is 0 Å². The highest BCUT2D eigenvalue weighted by atomic mass is 16.3. The number of aromatic nitrogens is 2. The van der Waals surface area contributed by atoms with E-state index in [4.69, 9.17) is 5.11 Å². The molecule has 4 heteroatoms. The third kappa shape index (κ3) is 4.16. The van der Waals surface area contributed by atoms with Crippen LogP contribution in [0.15, 0.2) is 25.0 Å². The quantitative estimate of drug-likeness (QED) is 0.675. The molecule has 0 aliphatic carbocycles. The van der Waals surface area contributed by atoms with E-state index < -0.39 is 0 Å². The van der Waals surface area contributed by atoms with Gasteiger partial charge in [0.15, 0.2) is 0 Å². The molecule has 0 fully saturated rings. The highest BCUT2D eigenvalue weighted by Crippen LogP contribution is 2.04. The Hall–Kier alpha value is -1.13. The normalized spacial score (nSPS) is 10.9. The van der Waals surface area contributed by atoms with E-state index in [1.807, 2.05) is 17.0 Å². The average molecular weight is 223 g/mol. The van der Waals surface area contributed by atoms with Gasteiger partial charge in [-0.1, -0.05) is 13.0 Å². The molecule has 1 N–H and O–H groups in total. The standard InChI is InChI=1S/C12H21N3O/c1-3-5-14(7-8-16)10-12-9-13-15(11-12)6-4-2/h3,9,11,16H,1,4-8,10H2,2H3. The second-order valence-corrected chi connectivity index (χ2v) is 3.86. The average Bonchev–Trinajstić information content (AvgIpc) is 2.67. The van der Waals surface area contributed by atoms with Gasteiger partial charge in [-0.15, -0.1) is 6.58 Å². The molecule has 0 saturated carbocycles. The van der Waals surface area contributed by atoms with Gasteiger partial charge in [0.2, 0.25) is 0 Å². The summed E-state index contributed by atoms with van der Waals surface area (Å²) in [4.78, 5) is 2.14. The Balaban J connectivity index is 2.51. The molecule has 0 aromatic carbocycles. The van der Waals surface area contributed by atoms with Crippen molar-refractivity contribution in [2.75, 3.05) is 19.7 Å². The van der Waals surface area contributed by atoms with Gasteiger partial charge in [0.05, 0.1) is 12.8 Å². The van der Waals surface area contributed by atoms with E-state index in [9.17, 15) is 0 Å². The number of aliphatic hydroxyl groups excluding tert-OH is 1. The maximum Gasteiger partial charge on any atom is 0.0558 e. The molecule has 0 atom stereocenters. The van der Waals surface area contributed by atoms with Crippen molar-refractivity contribution >= 4 is 0 Å². The Kier molecular flexibility index (Phi) is 5.82. The number of hydrogen-bond acceptors (Lipinski definition) is 3. The van der Waals surface area contributed by atoms with Gasteiger partial charge in [-0.25, -0.2) is 0 Å². The molecule has 0 unspecified atom stereocenters. The minimum Gasteiger partial charge on any atom is -0.395 e. The molecule has 0 aliphatic heterocycles. The highest BCUT2D eigenvalue weighted by molar-refractivity contribution is 5.03. The lowest BCUT2D eigenvalue weighted by atomic mass is 10.3. The molecule has 90 valence electrons. The zero-order valence-electron chi connectivity index (χ0n) is 9.97. The summed E-state index contributed by atoms with van der Waals surface area (Å²) < 4.78 is 1.96. The largest absolute Gasteiger partial charge is 0.395 e. The molecule has 0 amide bonds. The first kappa shape index (κ1) is 12.9. The van der Waals surface area contributed by atoms with Gasteiger partial charge < -0.3 is 5.11 Å². The first-order chi connectivity index (χ1) is 7.80. The number of nitrogens with zero attached hydrogens (tertiary/aromatic N) is 3. The van der Waals surface area contributed by atoms with Gasteiger partial charge in [0, 0.05) is 37.9 Å². The predicted octanol–water partition coefficient (Wildman–Crippen LogP) is 1.27. The van der Waals surface area contributed by atoms with Crippen LogP contribution in [0.25, 0.3) is 0 Å². The number of rotatable bonds is 8. The molecule has 1 heterocycles. The Labute approximate surface area is 97.2 Å². The summed E-state index contributed by atoms with van der Waals surface area (Å²) >= 11 is 0. The van der Waals surface area contributed by atoms with Crippen LogP contribution in [0.3, 0.4) is 0 Å². The topological polar surface area (TPSA) is 41.3 Å². The van der Waals surface area contributed by atoms with Crippen molar-refractivity contribution in [3.05, 3.63) is 30.6 Å². The highest BCUT2D eigenvalue weighted by Gasteiger charge is 2.05. The van der Waals surface area contributed by atoms with E-state index in [0.29, 0.717) is 6.54 Å². The molecule has 0 aliphatic rings. The maximum atomic E-state index is 8.93. The van der Waals surface area contributed by atoms with Crippen LogP contribution in [0.1, 0.15) is 18.9 Å². The van der Waals surface area contributed by atoms with Gasteiger partial charge in [0.25, 0.3) is 0 Å². The fourth-order valence-corrected chi connectivity index (χ4v) is 1.66. The molecule has 0 radical (unpaired) electrons. The summed E-state index contributed by atoms with van der Waals surface area (Å²) in [6.45, 7) is 9.27. The van der Waals surface area contributed by atoms with Crippen LogP contribution in [-0.2, 0) is 13.1 Å². The third-order valence-electron chi connectivity index (χ3n) is 2.35. The van der Waals surface area contributed by atoms with Crippen molar-refractivity contribution in [1.29, 1.82) is 0 Å². The van der Waals surface area contributed by atoms with Crippen molar-refractivity contribution < 1.29 is 5.11 Å². The van der Waals surface area contributed by atoms with Crippen molar-refractivity contribution in [3.63, 3.8) is 0 Å². The van der Waals surface area contributed by atoms with Crippen molar-refractivity contribution in [1.82, 2.24) is 14.7 Å². The van der Waals surface area contributed by atoms with Crippen LogP contribution < -0.4 is 0 Å². The van der Waals surface area contributed by atoms with Gasteiger partial charge in [-0.05, 0) is 6.42 Å². The summed E-state index contributed by atoms with van der Waals surface area (Å²) in [6, 6.07) is 0. The Morgan fingerprint density at radius 1 is 1.62 bits per heavy atom. The smallest absolute Gasteiger partial charge is 0.0558 e. The van der Waals surface area contributed by atoms with E-state index in [-0.39, 0.29) is 6.61 Å². The van der Waals surface area contributed by atoms with Crippen molar-refractivity contribution in [2.24, 2.45) is 0 Å². The zero-order valence-corrected chi connectivity index (χ0v) is 9.97. The van der Waals surface area contributed by atoms with Gasteiger partial charge in [-0.2, -0.15) is 5.10 Å². The SMILES string of the molecule is C=CCN(CCO)Cc1cnn(CCC)c1. The second-order valence-electron chi connectivity index (χ2n) is 3.86. The Morgan fingerprint density at radius 2 is 2.44 bits per heavy atom. The molecular weight excluding hydrogens is 202 g/mol. The maximum absolute atomic E-state index is 8.93. The first-order valence-corrected chi connectivity index (χ1v) is 5.75. The van der Waals surface area contributed by atoms with Crippen LogP contribution in [0, 0.1) is 0 Å². The molecule has 0 saturated heterocycles. The fourth-order valence-electron chi connectivity index (χ4n) is 1.66. The fraction of sp³-hybridized carbons (Fsp3) is 0.583. The lowest BCUT2D eigenvalue weighted by Crippen LogP contribution is -2.26. The zero-order chi connectivity index (χ0) is 11.8. The van der Waals surface area contributed by atoms with Gasteiger partial charge in [0.1, 0.15) is 0 Å². The van der Waals surface area contributed by atoms with E-state index >= 15 is 0 Å². The number of aryl methyl sites for hydroxylation is 1.